The van der Waals surface area contributed by atoms with Gasteiger partial charge in [0, 0.05) is 30.2 Å². The fourth-order valence-electron chi connectivity index (χ4n) is 3.35. The van der Waals surface area contributed by atoms with Crippen LogP contribution in [0.4, 0.5) is 0 Å². The fourth-order valence-corrected chi connectivity index (χ4v) is 3.35. The van der Waals surface area contributed by atoms with Crippen molar-refractivity contribution in [2.75, 3.05) is 20.3 Å². The van der Waals surface area contributed by atoms with E-state index in [1.807, 2.05) is 25.7 Å². The first-order valence-electron chi connectivity index (χ1n) is 9.50. The molecule has 2 amide bonds. The largest absolute Gasteiger partial charge is 0.493 e. The van der Waals surface area contributed by atoms with E-state index >= 15 is 0 Å². The zero-order chi connectivity index (χ0) is 20.0. The summed E-state index contributed by atoms with van der Waals surface area (Å²) in [5, 5.41) is 2.76. The Morgan fingerprint density at radius 1 is 1.25 bits per heavy atom. The van der Waals surface area contributed by atoms with Crippen LogP contribution in [0.2, 0.25) is 0 Å². The van der Waals surface area contributed by atoms with Crippen LogP contribution in [0.3, 0.4) is 0 Å². The highest BCUT2D eigenvalue weighted by Crippen LogP contribution is 2.30. The third kappa shape index (κ3) is 6.27. The molecule has 1 aromatic rings. The van der Waals surface area contributed by atoms with Gasteiger partial charge in [-0.15, -0.1) is 12.4 Å². The van der Waals surface area contributed by atoms with Crippen LogP contribution in [-0.4, -0.2) is 55.1 Å². The minimum absolute atomic E-state index is 0. The molecule has 158 valence electrons. The number of carbonyl (C=O) groups is 2. The van der Waals surface area contributed by atoms with Gasteiger partial charge in [-0.05, 0) is 58.2 Å². The fraction of sp³-hybridized carbons (Fsp3) is 0.600. The number of hydrogen-bond acceptors (Lipinski definition) is 5. The average molecular weight is 414 g/mol. The lowest BCUT2D eigenvalue weighted by Gasteiger charge is -2.38. The number of benzene rings is 1. The molecule has 0 aliphatic carbocycles. The number of likely N-dealkylation sites (tertiary alicyclic amines) is 1. The number of piperidine rings is 1. The van der Waals surface area contributed by atoms with Gasteiger partial charge >= 0.3 is 0 Å². The van der Waals surface area contributed by atoms with Gasteiger partial charge in [0.15, 0.2) is 18.1 Å². The first kappa shape index (κ1) is 24.0. The predicted octanol–water partition coefficient (Wildman–Crippen LogP) is 2.36. The molecule has 1 heterocycles. The van der Waals surface area contributed by atoms with Gasteiger partial charge in [0.2, 0.25) is 0 Å². The molecule has 1 aliphatic heterocycles. The van der Waals surface area contributed by atoms with E-state index in [2.05, 4.69) is 5.32 Å². The number of rotatable bonds is 7. The Bertz CT molecular complexity index is 667. The van der Waals surface area contributed by atoms with Crippen molar-refractivity contribution < 1.29 is 19.1 Å². The first-order chi connectivity index (χ1) is 12.8. The summed E-state index contributed by atoms with van der Waals surface area (Å²) >= 11 is 0. The molecule has 2 rings (SSSR count). The van der Waals surface area contributed by atoms with Crippen molar-refractivity contribution in [3.8, 4) is 11.5 Å². The number of ether oxygens (including phenoxy) is 2. The van der Waals surface area contributed by atoms with Crippen LogP contribution in [0.1, 0.15) is 50.4 Å². The average Bonchev–Trinajstić information content (AvgIpc) is 2.65. The summed E-state index contributed by atoms with van der Waals surface area (Å²) in [5.74, 6) is 0.586. The van der Waals surface area contributed by atoms with Gasteiger partial charge in [-0.25, -0.2) is 0 Å². The molecule has 1 aromatic carbocycles. The molecule has 3 N–H and O–H groups in total. The van der Waals surface area contributed by atoms with E-state index < -0.39 is 0 Å². The molecule has 0 bridgehead atoms. The van der Waals surface area contributed by atoms with E-state index in [1.54, 1.807) is 18.2 Å². The second-order valence-electron chi connectivity index (χ2n) is 7.30. The summed E-state index contributed by atoms with van der Waals surface area (Å²) in [4.78, 5) is 26.6. The maximum Gasteiger partial charge on any atom is 0.258 e. The Kier molecular flexibility index (Phi) is 9.55. The third-order valence-electron chi connectivity index (χ3n) is 4.64. The SMILES string of the molecule is COc1cc(C(=O)N2CCCCC2C(C)N)ccc1OCC(=O)NC(C)C.Cl. The van der Waals surface area contributed by atoms with Crippen LogP contribution < -0.4 is 20.5 Å². The first-order valence-corrected chi connectivity index (χ1v) is 9.50. The number of nitrogens with zero attached hydrogens (tertiary/aromatic N) is 1. The van der Waals surface area contributed by atoms with Crippen molar-refractivity contribution in [2.24, 2.45) is 5.73 Å². The lowest BCUT2D eigenvalue weighted by molar-refractivity contribution is -0.123. The second kappa shape index (κ2) is 11.1. The van der Waals surface area contributed by atoms with Gasteiger partial charge in [0.25, 0.3) is 11.8 Å². The van der Waals surface area contributed by atoms with Crippen molar-refractivity contribution >= 4 is 24.2 Å². The Labute approximate surface area is 173 Å². The highest BCUT2D eigenvalue weighted by molar-refractivity contribution is 5.95. The lowest BCUT2D eigenvalue weighted by atomic mass is 9.96. The van der Waals surface area contributed by atoms with Crippen LogP contribution in [-0.2, 0) is 4.79 Å². The van der Waals surface area contributed by atoms with E-state index in [-0.39, 0.29) is 49.0 Å². The van der Waals surface area contributed by atoms with Gasteiger partial charge in [-0.1, -0.05) is 0 Å². The maximum atomic E-state index is 13.0. The summed E-state index contributed by atoms with van der Waals surface area (Å²) in [6, 6.07) is 5.05. The van der Waals surface area contributed by atoms with Crippen molar-refractivity contribution in [1.29, 1.82) is 0 Å². The molecule has 1 fully saturated rings. The summed E-state index contributed by atoms with van der Waals surface area (Å²) in [6.45, 7) is 6.31. The van der Waals surface area contributed by atoms with Crippen molar-refractivity contribution in [3.05, 3.63) is 23.8 Å². The molecule has 2 atom stereocenters. The molecule has 0 aromatic heterocycles. The number of nitrogens with one attached hydrogen (secondary N) is 1. The molecule has 0 saturated carbocycles. The summed E-state index contributed by atoms with van der Waals surface area (Å²) in [6.07, 6.45) is 3.00. The molecule has 1 saturated heterocycles. The number of methoxy groups -OCH3 is 1. The van der Waals surface area contributed by atoms with Gasteiger partial charge in [-0.3, -0.25) is 9.59 Å². The molecule has 2 unspecified atom stereocenters. The highest BCUT2D eigenvalue weighted by atomic mass is 35.5. The van der Waals surface area contributed by atoms with Crippen LogP contribution in [0.25, 0.3) is 0 Å². The molecule has 0 radical (unpaired) electrons. The van der Waals surface area contributed by atoms with Gasteiger partial charge in [-0.2, -0.15) is 0 Å². The Morgan fingerprint density at radius 3 is 2.57 bits per heavy atom. The van der Waals surface area contributed by atoms with Gasteiger partial charge in [0.05, 0.1) is 7.11 Å². The van der Waals surface area contributed by atoms with Crippen LogP contribution >= 0.6 is 12.4 Å². The Balaban J connectivity index is 0.00000392. The molecule has 8 heteroatoms. The van der Waals surface area contributed by atoms with E-state index in [0.29, 0.717) is 23.6 Å². The monoisotopic (exact) mass is 413 g/mol. The second-order valence-corrected chi connectivity index (χ2v) is 7.30. The number of hydrogen-bond donors (Lipinski definition) is 2. The van der Waals surface area contributed by atoms with Crippen LogP contribution in [0.5, 0.6) is 11.5 Å². The predicted molar refractivity (Wildman–Crippen MR) is 111 cm³/mol. The molecule has 0 spiro atoms. The van der Waals surface area contributed by atoms with Crippen molar-refractivity contribution in [2.45, 2.75) is 58.2 Å². The van der Waals surface area contributed by atoms with E-state index in [9.17, 15) is 9.59 Å². The van der Waals surface area contributed by atoms with Crippen LogP contribution in [0, 0.1) is 0 Å². The molecule has 1 aliphatic rings. The minimum atomic E-state index is -0.208. The van der Waals surface area contributed by atoms with Crippen LogP contribution in [0.15, 0.2) is 18.2 Å². The topological polar surface area (TPSA) is 93.9 Å². The summed E-state index contributed by atoms with van der Waals surface area (Å²) in [5.41, 5.74) is 6.61. The van der Waals surface area contributed by atoms with Gasteiger partial charge in [0.1, 0.15) is 0 Å². The molecule has 7 nitrogen and oxygen atoms in total. The van der Waals surface area contributed by atoms with E-state index in [1.165, 1.54) is 7.11 Å². The smallest absolute Gasteiger partial charge is 0.258 e. The van der Waals surface area contributed by atoms with Crippen molar-refractivity contribution in [1.82, 2.24) is 10.2 Å². The Hall–Kier alpha value is -1.99. The number of nitrogens with two attached hydrogens (primary N) is 1. The molecule has 28 heavy (non-hydrogen) atoms. The maximum absolute atomic E-state index is 13.0. The van der Waals surface area contributed by atoms with E-state index in [0.717, 1.165) is 19.3 Å². The standard InChI is InChI=1S/C20H31N3O4.ClH/c1-13(2)22-19(24)12-27-17-9-8-15(11-18(17)26-4)20(25)23-10-6-5-7-16(23)14(3)21;/h8-9,11,13-14,16H,5-7,10,12,21H2,1-4H3,(H,22,24);1H. The summed E-state index contributed by atoms with van der Waals surface area (Å²) < 4.78 is 10.9. The number of amides is 2. The highest BCUT2D eigenvalue weighted by Gasteiger charge is 2.30. The quantitative estimate of drug-likeness (QED) is 0.715. The number of halogens is 1. The number of carbonyl (C=O) groups excluding carboxylic acids is 2. The lowest BCUT2D eigenvalue weighted by Crippen LogP contribution is -2.51. The van der Waals surface area contributed by atoms with Crippen molar-refractivity contribution in [3.63, 3.8) is 0 Å². The van der Waals surface area contributed by atoms with E-state index in [4.69, 9.17) is 15.2 Å². The molecular formula is C20H32ClN3O4. The Morgan fingerprint density at radius 2 is 1.96 bits per heavy atom. The third-order valence-corrected chi connectivity index (χ3v) is 4.64. The zero-order valence-corrected chi connectivity index (χ0v) is 17.9. The minimum Gasteiger partial charge on any atom is -0.493 e. The zero-order valence-electron chi connectivity index (χ0n) is 17.1. The van der Waals surface area contributed by atoms with Gasteiger partial charge < -0.3 is 25.4 Å². The summed E-state index contributed by atoms with van der Waals surface area (Å²) in [7, 11) is 1.51. The normalized spacial score (nSPS) is 17.5. The molecular weight excluding hydrogens is 382 g/mol.